The lowest BCUT2D eigenvalue weighted by Crippen LogP contribution is -2.31. The van der Waals surface area contributed by atoms with Crippen LogP contribution in [0.1, 0.15) is 31.9 Å². The van der Waals surface area contributed by atoms with Crippen molar-refractivity contribution >= 4 is 22.4 Å². The van der Waals surface area contributed by atoms with Crippen molar-refractivity contribution in [1.82, 2.24) is 4.57 Å². The fraction of sp³-hybridized carbons (Fsp3) is 0.368. The monoisotopic (exact) mass is 414 g/mol. The number of amides is 1. The zero-order chi connectivity index (χ0) is 21.1. The second kappa shape index (κ2) is 8.30. The van der Waals surface area contributed by atoms with Gasteiger partial charge >= 0.3 is 6.18 Å². The van der Waals surface area contributed by atoms with Crippen molar-refractivity contribution in [2.24, 2.45) is 0 Å². The number of hydrogen-bond acceptors (Lipinski definition) is 3. The van der Waals surface area contributed by atoms with Crippen LogP contribution in [0.4, 0.5) is 18.9 Å². The van der Waals surface area contributed by atoms with Gasteiger partial charge in [0, 0.05) is 33.2 Å². The minimum atomic E-state index is -4.78. The summed E-state index contributed by atoms with van der Waals surface area (Å²) in [6.07, 6.45) is -3.66. The number of alkyl halides is 3. The Labute approximate surface area is 163 Å². The maximum atomic E-state index is 12.8. The Bertz CT molecular complexity index is 946. The average molecular weight is 414 g/mol. The summed E-state index contributed by atoms with van der Waals surface area (Å²) in [5.74, 6) is -0.337. The quantitative estimate of drug-likeness (QED) is 0.814. The van der Waals surface area contributed by atoms with Crippen molar-refractivity contribution in [2.45, 2.75) is 44.0 Å². The van der Waals surface area contributed by atoms with Crippen LogP contribution in [0, 0.1) is 0 Å². The van der Waals surface area contributed by atoms with E-state index in [1.165, 1.54) is 0 Å². The number of nitrogens with one attached hydrogen (secondary N) is 1. The third-order valence-electron chi connectivity index (χ3n) is 3.83. The summed E-state index contributed by atoms with van der Waals surface area (Å²) >= 11 is 0. The number of benzene rings is 1. The minimum Gasteiger partial charge on any atom is -0.325 e. The summed E-state index contributed by atoms with van der Waals surface area (Å²) in [6.45, 7) is 5.03. The molecule has 1 N–H and O–H groups in total. The van der Waals surface area contributed by atoms with Crippen molar-refractivity contribution in [1.29, 1.82) is 0 Å². The molecule has 0 aliphatic rings. The van der Waals surface area contributed by atoms with Gasteiger partial charge in [-0.15, -0.1) is 0 Å². The Morgan fingerprint density at radius 2 is 1.82 bits per heavy atom. The summed E-state index contributed by atoms with van der Waals surface area (Å²) in [7, 11) is -1.12. The summed E-state index contributed by atoms with van der Waals surface area (Å²) in [6, 6.07) is 8.46. The fourth-order valence-electron chi connectivity index (χ4n) is 2.34. The molecule has 1 heterocycles. The second-order valence-electron chi connectivity index (χ2n) is 7.20. The molecule has 28 heavy (non-hydrogen) atoms. The predicted octanol–water partition coefficient (Wildman–Crippen LogP) is 3.55. The van der Waals surface area contributed by atoms with Crippen molar-refractivity contribution in [3.63, 3.8) is 0 Å². The van der Waals surface area contributed by atoms with E-state index in [4.69, 9.17) is 0 Å². The van der Waals surface area contributed by atoms with Gasteiger partial charge in [-0.3, -0.25) is 13.8 Å². The third-order valence-corrected chi connectivity index (χ3v) is 5.79. The first-order valence-electron chi connectivity index (χ1n) is 8.42. The topological polar surface area (TPSA) is 68.2 Å². The first-order valence-corrected chi connectivity index (χ1v) is 9.74. The van der Waals surface area contributed by atoms with E-state index in [0.29, 0.717) is 22.1 Å². The number of carbonyl (C=O) groups is 1. The van der Waals surface area contributed by atoms with Gasteiger partial charge in [0.25, 0.3) is 5.56 Å². The van der Waals surface area contributed by atoms with Crippen molar-refractivity contribution in [3.05, 3.63) is 64.1 Å². The second-order valence-corrected chi connectivity index (χ2v) is 9.41. The molecule has 1 aromatic heterocycles. The molecule has 0 aliphatic carbocycles. The van der Waals surface area contributed by atoms with Crippen molar-refractivity contribution in [3.8, 4) is 0 Å². The highest BCUT2D eigenvalue weighted by atomic mass is 32.2. The molecule has 0 aliphatic heterocycles. The minimum absolute atomic E-state index is 0.306. The smallest absolute Gasteiger partial charge is 0.325 e. The Morgan fingerprint density at radius 3 is 2.43 bits per heavy atom. The van der Waals surface area contributed by atoms with Crippen LogP contribution in [0.2, 0.25) is 0 Å². The molecule has 0 radical (unpaired) electrons. The number of hydrogen-bond donors (Lipinski definition) is 1. The van der Waals surface area contributed by atoms with E-state index in [1.54, 1.807) is 24.3 Å². The molecule has 0 saturated heterocycles. The molecule has 152 valence electrons. The Morgan fingerprint density at radius 1 is 1.14 bits per heavy atom. The molecular weight excluding hydrogens is 393 g/mol. The van der Waals surface area contributed by atoms with Gasteiger partial charge in [0.2, 0.25) is 5.91 Å². The van der Waals surface area contributed by atoms with E-state index in [2.05, 4.69) is 5.32 Å². The number of carbonyl (C=O) groups excluding carboxylic acids is 1. The van der Waals surface area contributed by atoms with Gasteiger partial charge in [-0.1, -0.05) is 12.1 Å². The van der Waals surface area contributed by atoms with Crippen LogP contribution in [0.15, 0.2) is 47.4 Å². The maximum Gasteiger partial charge on any atom is 0.421 e. The van der Waals surface area contributed by atoms with Gasteiger partial charge in [0.1, 0.15) is 12.1 Å². The van der Waals surface area contributed by atoms with Crippen LogP contribution in [0.25, 0.3) is 0 Å². The van der Waals surface area contributed by atoms with Crippen LogP contribution in [0.3, 0.4) is 0 Å². The lowest BCUT2D eigenvalue weighted by Gasteiger charge is -2.18. The van der Waals surface area contributed by atoms with Gasteiger partial charge in [-0.2, -0.15) is 13.2 Å². The van der Waals surface area contributed by atoms with Gasteiger partial charge in [-0.05, 0) is 50.6 Å². The highest BCUT2D eigenvalue weighted by Crippen LogP contribution is 2.26. The van der Waals surface area contributed by atoms with E-state index in [1.807, 2.05) is 20.8 Å². The molecule has 0 fully saturated rings. The molecule has 5 nitrogen and oxygen atoms in total. The highest BCUT2D eigenvalue weighted by molar-refractivity contribution is 7.85. The lowest BCUT2D eigenvalue weighted by atomic mass is 10.2. The zero-order valence-electron chi connectivity index (χ0n) is 15.7. The number of aromatic nitrogens is 1. The number of rotatable bonds is 5. The first-order chi connectivity index (χ1) is 12.9. The van der Waals surface area contributed by atoms with Crippen LogP contribution >= 0.6 is 0 Å². The normalized spacial score (nSPS) is 13.2. The predicted molar refractivity (Wildman–Crippen MR) is 102 cm³/mol. The van der Waals surface area contributed by atoms with Crippen LogP contribution in [-0.2, 0) is 34.1 Å². The number of nitrogens with zero attached hydrogens (tertiary/aromatic N) is 1. The molecule has 1 aromatic carbocycles. The first kappa shape index (κ1) is 21.9. The largest absolute Gasteiger partial charge is 0.421 e. The summed E-state index contributed by atoms with van der Waals surface area (Å²) in [5, 5.41) is 2.55. The zero-order valence-corrected chi connectivity index (χ0v) is 16.5. The molecule has 0 bridgehead atoms. The molecule has 1 amide bonds. The third kappa shape index (κ3) is 5.79. The number of pyridine rings is 1. The fourth-order valence-corrected chi connectivity index (χ4v) is 3.25. The van der Waals surface area contributed by atoms with Gasteiger partial charge < -0.3 is 9.88 Å². The van der Waals surface area contributed by atoms with E-state index in [-0.39, 0.29) is 4.75 Å². The van der Waals surface area contributed by atoms with Crippen LogP contribution in [-0.4, -0.2) is 19.4 Å². The summed E-state index contributed by atoms with van der Waals surface area (Å²) < 4.78 is 51.0. The summed E-state index contributed by atoms with van der Waals surface area (Å²) in [5.41, 5.74) is -1.44. The van der Waals surface area contributed by atoms with Crippen LogP contribution in [0.5, 0.6) is 0 Å². The van der Waals surface area contributed by atoms with E-state index < -0.39 is 40.6 Å². The molecule has 2 rings (SSSR count). The average Bonchev–Trinajstić information content (AvgIpc) is 2.55. The Balaban J connectivity index is 2.12. The molecule has 9 heteroatoms. The lowest BCUT2D eigenvalue weighted by molar-refractivity contribution is -0.139. The number of anilines is 1. The van der Waals surface area contributed by atoms with Gasteiger partial charge in [0.15, 0.2) is 0 Å². The molecule has 0 saturated carbocycles. The highest BCUT2D eigenvalue weighted by Gasteiger charge is 2.34. The SMILES string of the molecule is CC(C)(C)S(=O)Cc1cccc(NC(=O)Cn2cccc(C(F)(F)F)c2=O)c1. The van der Waals surface area contributed by atoms with E-state index in [0.717, 1.165) is 17.8 Å². The Kier molecular flexibility index (Phi) is 6.48. The molecule has 2 aromatic rings. The van der Waals surface area contributed by atoms with E-state index in [9.17, 15) is 27.0 Å². The van der Waals surface area contributed by atoms with E-state index >= 15 is 0 Å². The molecule has 1 unspecified atom stereocenters. The maximum absolute atomic E-state index is 12.8. The standard InChI is InChI=1S/C19H21F3N2O3S/c1-18(2,3)28(27)12-13-6-4-7-14(10-13)23-16(25)11-24-9-5-8-15(17(24)26)19(20,21)22/h4-10H,11-12H2,1-3H3,(H,23,25). The number of halogens is 3. The van der Waals surface area contributed by atoms with Crippen LogP contribution < -0.4 is 10.9 Å². The molecule has 1 atom stereocenters. The van der Waals surface area contributed by atoms with Gasteiger partial charge in [0.05, 0.1) is 0 Å². The molecule has 0 spiro atoms. The summed E-state index contributed by atoms with van der Waals surface area (Å²) in [4.78, 5) is 24.1. The van der Waals surface area contributed by atoms with Gasteiger partial charge in [-0.25, -0.2) is 0 Å². The van der Waals surface area contributed by atoms with Crippen molar-refractivity contribution in [2.75, 3.05) is 5.32 Å². The Hall–Kier alpha value is -2.42. The van der Waals surface area contributed by atoms with Crippen molar-refractivity contribution < 1.29 is 22.2 Å². The molecular formula is C19H21F3N2O3S.